The number of hydrogen-bond acceptors (Lipinski definition) is 4. The Hall–Kier alpha value is 0.0638. The Kier molecular flexibility index (Phi) is 7.03. The maximum atomic E-state index is 12.3. The predicted molar refractivity (Wildman–Crippen MR) is 61.9 cm³/mol. The van der Waals surface area contributed by atoms with E-state index < -0.39 is 32.9 Å². The lowest BCUT2D eigenvalue weighted by Gasteiger charge is -2.34. The fourth-order valence-electron chi connectivity index (χ4n) is 1.33. The van der Waals surface area contributed by atoms with Crippen molar-refractivity contribution >= 4 is 19.0 Å². The molecule has 107 valence electrons. The maximum absolute atomic E-state index is 12.3. The van der Waals surface area contributed by atoms with Gasteiger partial charge in [-0.3, -0.25) is 0 Å². The van der Waals surface area contributed by atoms with Gasteiger partial charge in [-0.15, -0.1) is 0 Å². The summed E-state index contributed by atoms with van der Waals surface area (Å²) in [5.41, 5.74) is -1.79. The fourth-order valence-corrected chi connectivity index (χ4v) is 4.47. The lowest BCUT2D eigenvalue weighted by Crippen LogP contribution is -2.53. The highest BCUT2D eigenvalue weighted by molar-refractivity contribution is 6.61. The fraction of sp³-hybridized carbons (Fsp3) is 1.00. The summed E-state index contributed by atoms with van der Waals surface area (Å²) in [7, 11) is -0.703. The van der Waals surface area contributed by atoms with E-state index in [4.69, 9.17) is 13.3 Å². The molecule has 0 aromatic rings. The van der Waals surface area contributed by atoms with Crippen LogP contribution in [0.2, 0.25) is 6.04 Å². The Labute approximate surface area is 109 Å². The molecule has 1 N–H and O–H groups in total. The van der Waals surface area contributed by atoms with E-state index in [0.29, 0.717) is 0 Å². The van der Waals surface area contributed by atoms with Gasteiger partial charge in [-0.25, -0.2) is 0 Å². The summed E-state index contributed by atoms with van der Waals surface area (Å²) in [5, 5.41) is 9.52. The second-order valence-corrected chi connectivity index (χ2v) is 7.32. The van der Waals surface area contributed by atoms with E-state index in [1.807, 2.05) is 0 Å². The van der Waals surface area contributed by atoms with Crippen molar-refractivity contribution in [2.45, 2.75) is 44.8 Å². The SMILES string of the molecule is CCO[Si](CCC(F)(F)F)(OCC)OC(C)(O)[Si]. The van der Waals surface area contributed by atoms with Gasteiger partial charge in [0.1, 0.15) is 15.7 Å². The number of alkyl halides is 3. The Bertz CT molecular complexity index is 237. The van der Waals surface area contributed by atoms with Crippen molar-refractivity contribution in [2.24, 2.45) is 0 Å². The summed E-state index contributed by atoms with van der Waals surface area (Å²) >= 11 is 0. The first-order valence-corrected chi connectivity index (χ1v) is 7.99. The molecule has 18 heavy (non-hydrogen) atoms. The standard InChI is InChI=1S/C9H18F3O4Si2/c1-4-14-18(15-5-2,16-8(3,13)17)7-6-9(10,11)12/h13H,4-7H2,1-3H3. The average Bonchev–Trinajstić information content (AvgIpc) is 2.12. The average molecular weight is 303 g/mol. The topological polar surface area (TPSA) is 47.9 Å². The zero-order valence-corrected chi connectivity index (χ0v) is 12.6. The highest BCUT2D eigenvalue weighted by Gasteiger charge is 2.47. The van der Waals surface area contributed by atoms with Gasteiger partial charge in [0.15, 0.2) is 0 Å². The van der Waals surface area contributed by atoms with E-state index >= 15 is 0 Å². The number of halogens is 3. The van der Waals surface area contributed by atoms with Crippen LogP contribution in [0.15, 0.2) is 0 Å². The molecule has 0 aromatic heterocycles. The highest BCUT2D eigenvalue weighted by Crippen LogP contribution is 2.29. The second kappa shape index (κ2) is 7.01. The summed E-state index contributed by atoms with van der Waals surface area (Å²) < 4.78 is 52.5. The van der Waals surface area contributed by atoms with Crippen molar-refractivity contribution in [2.75, 3.05) is 13.2 Å². The maximum Gasteiger partial charge on any atom is 0.503 e. The van der Waals surface area contributed by atoms with Crippen molar-refractivity contribution in [3.05, 3.63) is 0 Å². The van der Waals surface area contributed by atoms with E-state index in [0.717, 1.165) is 0 Å². The van der Waals surface area contributed by atoms with Crippen molar-refractivity contribution in [3.63, 3.8) is 0 Å². The van der Waals surface area contributed by atoms with Crippen LogP contribution in [0.1, 0.15) is 27.2 Å². The molecule has 0 bridgehead atoms. The van der Waals surface area contributed by atoms with Gasteiger partial charge in [0, 0.05) is 25.7 Å². The molecule has 0 amide bonds. The predicted octanol–water partition coefficient (Wildman–Crippen LogP) is 1.80. The van der Waals surface area contributed by atoms with E-state index in [-0.39, 0.29) is 13.2 Å². The van der Waals surface area contributed by atoms with Crippen LogP contribution in [0.5, 0.6) is 0 Å². The smallest absolute Gasteiger partial charge is 0.374 e. The van der Waals surface area contributed by atoms with Gasteiger partial charge in [-0.2, -0.15) is 13.2 Å². The molecule has 1 unspecified atom stereocenters. The molecule has 0 rings (SSSR count). The van der Waals surface area contributed by atoms with Gasteiger partial charge in [-0.1, -0.05) is 0 Å². The summed E-state index contributed by atoms with van der Waals surface area (Å²) in [6.45, 7) is 4.79. The highest BCUT2D eigenvalue weighted by atomic mass is 28.4. The molecule has 0 saturated carbocycles. The molecule has 4 nitrogen and oxygen atoms in total. The lowest BCUT2D eigenvalue weighted by atomic mass is 10.5. The molecule has 0 saturated heterocycles. The quantitative estimate of drug-likeness (QED) is 0.549. The van der Waals surface area contributed by atoms with Gasteiger partial charge < -0.3 is 18.4 Å². The first-order chi connectivity index (χ1) is 8.04. The minimum absolute atomic E-state index is 0.145. The zero-order valence-electron chi connectivity index (χ0n) is 10.6. The van der Waals surface area contributed by atoms with Gasteiger partial charge in [0.25, 0.3) is 0 Å². The number of rotatable bonds is 8. The Morgan fingerprint density at radius 2 is 1.61 bits per heavy atom. The van der Waals surface area contributed by atoms with Crippen LogP contribution in [-0.2, 0) is 13.3 Å². The molecule has 0 aliphatic carbocycles. The summed E-state index contributed by atoms with van der Waals surface area (Å²) in [4.78, 5) is 0. The first kappa shape index (κ1) is 18.1. The monoisotopic (exact) mass is 303 g/mol. The molecule has 0 heterocycles. The third-order valence-electron chi connectivity index (χ3n) is 1.80. The van der Waals surface area contributed by atoms with Gasteiger partial charge >= 0.3 is 15.0 Å². The van der Waals surface area contributed by atoms with Crippen LogP contribution < -0.4 is 0 Å². The minimum Gasteiger partial charge on any atom is -0.374 e. The molecule has 0 aromatic carbocycles. The molecular formula is C9H18F3O4Si2. The lowest BCUT2D eigenvalue weighted by molar-refractivity contribution is -0.138. The summed E-state index contributed by atoms with van der Waals surface area (Å²) in [6, 6.07) is -0.432. The van der Waals surface area contributed by atoms with E-state index in [9.17, 15) is 18.3 Å². The van der Waals surface area contributed by atoms with Crippen molar-refractivity contribution in [1.82, 2.24) is 0 Å². The van der Waals surface area contributed by atoms with Crippen LogP contribution in [0, 0.1) is 0 Å². The van der Waals surface area contributed by atoms with E-state index in [1.165, 1.54) is 6.92 Å². The molecule has 0 aliphatic rings. The molecule has 3 radical (unpaired) electrons. The zero-order chi connectivity index (χ0) is 14.4. The van der Waals surface area contributed by atoms with Crippen molar-refractivity contribution < 1.29 is 31.6 Å². The number of aliphatic hydroxyl groups is 1. The largest absolute Gasteiger partial charge is 0.503 e. The van der Waals surface area contributed by atoms with Gasteiger partial charge in [0.2, 0.25) is 0 Å². The van der Waals surface area contributed by atoms with Gasteiger partial charge in [0.05, 0.1) is 0 Å². The minimum atomic E-state index is -4.33. The molecule has 9 heteroatoms. The van der Waals surface area contributed by atoms with Crippen molar-refractivity contribution in [3.8, 4) is 0 Å². The van der Waals surface area contributed by atoms with E-state index in [1.54, 1.807) is 13.8 Å². The normalized spacial score (nSPS) is 16.7. The third kappa shape index (κ3) is 8.22. The Balaban J connectivity index is 4.84. The van der Waals surface area contributed by atoms with Crippen LogP contribution in [0.4, 0.5) is 13.2 Å². The van der Waals surface area contributed by atoms with Crippen LogP contribution >= 0.6 is 0 Å². The summed E-state index contributed by atoms with van der Waals surface area (Å²) in [5.74, 6) is 0. The first-order valence-electron chi connectivity index (χ1n) is 5.56. The molecule has 1 atom stereocenters. The van der Waals surface area contributed by atoms with Crippen molar-refractivity contribution in [1.29, 1.82) is 0 Å². The second-order valence-electron chi connectivity index (χ2n) is 3.75. The van der Waals surface area contributed by atoms with E-state index in [2.05, 4.69) is 10.2 Å². The molecule has 0 spiro atoms. The Morgan fingerprint density at radius 3 is 1.89 bits per heavy atom. The van der Waals surface area contributed by atoms with Crippen LogP contribution in [-0.4, -0.2) is 49.0 Å². The van der Waals surface area contributed by atoms with Crippen LogP contribution in [0.3, 0.4) is 0 Å². The van der Waals surface area contributed by atoms with Gasteiger partial charge in [-0.05, 0) is 20.8 Å². The summed E-state index contributed by atoms with van der Waals surface area (Å²) in [6.07, 6.45) is -5.41. The third-order valence-corrected chi connectivity index (χ3v) is 5.13. The molecular weight excluding hydrogens is 285 g/mol. The molecule has 0 aliphatic heterocycles. The number of hydrogen-bond donors (Lipinski definition) is 1. The molecule has 0 fully saturated rings. The van der Waals surface area contributed by atoms with Crippen LogP contribution in [0.25, 0.3) is 0 Å². The Morgan fingerprint density at radius 1 is 1.17 bits per heavy atom.